The summed E-state index contributed by atoms with van der Waals surface area (Å²) in [7, 11) is -1.58. The third-order valence-corrected chi connectivity index (χ3v) is 10.2. The molecule has 2 aromatic rings. The molecule has 0 saturated carbocycles. The van der Waals surface area contributed by atoms with E-state index in [2.05, 4.69) is 68.5 Å². The zero-order valence-electron chi connectivity index (χ0n) is 27.9. The normalized spacial score (nSPS) is 23.0. The Morgan fingerprint density at radius 2 is 1.64 bits per heavy atom. The van der Waals surface area contributed by atoms with E-state index in [1.165, 1.54) is 12.1 Å². The van der Waals surface area contributed by atoms with Crippen molar-refractivity contribution in [3.8, 4) is 0 Å². The SMILES string of the molecule is Cc1cc(C(=S)N2CCN(CCN3C[C@@H](C)O[C@@H](C)C3)C[C@@H]2C(O[SiH](C)C)c2ccc(Cl)c(C(C)(C)C)c2)cc(C(F)(F)F)c1. The van der Waals surface area contributed by atoms with Crippen LogP contribution in [0.25, 0.3) is 0 Å². The van der Waals surface area contributed by atoms with Crippen molar-refractivity contribution in [2.45, 2.75) is 90.6 Å². The summed E-state index contributed by atoms with van der Waals surface area (Å²) in [6, 6.07) is 10.0. The number of thiocarbonyl (C=S) groups is 1. The second kappa shape index (κ2) is 14.7. The van der Waals surface area contributed by atoms with Crippen LogP contribution >= 0.6 is 23.8 Å². The van der Waals surface area contributed by atoms with Crippen LogP contribution in [0.15, 0.2) is 36.4 Å². The summed E-state index contributed by atoms with van der Waals surface area (Å²) >= 11 is 12.7. The Hall–Kier alpha value is -1.53. The second-order valence-electron chi connectivity index (χ2n) is 14.1. The van der Waals surface area contributed by atoms with Crippen molar-refractivity contribution in [1.29, 1.82) is 0 Å². The lowest BCUT2D eigenvalue weighted by atomic mass is 9.84. The first-order chi connectivity index (χ1) is 20.9. The van der Waals surface area contributed by atoms with Crippen LogP contribution in [-0.2, 0) is 20.8 Å². The number of ether oxygens (including phenoxy) is 1. The number of halogens is 4. The molecule has 2 fully saturated rings. The quantitative estimate of drug-likeness (QED) is 0.212. The van der Waals surface area contributed by atoms with Crippen LogP contribution in [-0.4, -0.2) is 92.8 Å². The summed E-state index contributed by atoms with van der Waals surface area (Å²) in [4.78, 5) is 7.45. The minimum absolute atomic E-state index is 0.178. The molecule has 45 heavy (non-hydrogen) atoms. The van der Waals surface area contributed by atoms with E-state index in [1.807, 2.05) is 12.1 Å². The van der Waals surface area contributed by atoms with Crippen LogP contribution in [0.1, 0.15) is 68.5 Å². The number of hydrogen-bond donors (Lipinski definition) is 0. The van der Waals surface area contributed by atoms with Gasteiger partial charge >= 0.3 is 6.18 Å². The first-order valence-corrected chi connectivity index (χ1v) is 19.5. The lowest BCUT2D eigenvalue weighted by molar-refractivity contribution is -0.137. The first kappa shape index (κ1) is 36.3. The molecule has 0 spiro atoms. The van der Waals surface area contributed by atoms with E-state index in [-0.39, 0.29) is 29.8 Å². The second-order valence-corrected chi connectivity index (χ2v) is 17.2. The molecule has 250 valence electrons. The van der Waals surface area contributed by atoms with E-state index >= 15 is 0 Å². The van der Waals surface area contributed by atoms with Crippen LogP contribution in [0.2, 0.25) is 18.1 Å². The summed E-state index contributed by atoms with van der Waals surface area (Å²) in [6.45, 7) is 22.2. The topological polar surface area (TPSA) is 28.2 Å². The summed E-state index contributed by atoms with van der Waals surface area (Å²) in [6.07, 6.45) is -4.39. The van der Waals surface area contributed by atoms with E-state index in [1.54, 1.807) is 13.0 Å². The Balaban J connectivity index is 1.71. The molecule has 4 rings (SSSR count). The van der Waals surface area contributed by atoms with Crippen LogP contribution < -0.4 is 0 Å². The van der Waals surface area contributed by atoms with Crippen molar-refractivity contribution in [3.05, 3.63) is 69.2 Å². The monoisotopic (exact) mass is 683 g/mol. The number of nitrogens with zero attached hydrogens (tertiary/aromatic N) is 3. The maximum atomic E-state index is 13.8. The van der Waals surface area contributed by atoms with Gasteiger partial charge in [0, 0.05) is 56.4 Å². The molecule has 2 aliphatic heterocycles. The molecule has 4 atom stereocenters. The van der Waals surface area contributed by atoms with Gasteiger partial charge in [-0.1, -0.05) is 56.7 Å². The van der Waals surface area contributed by atoms with Gasteiger partial charge in [-0.25, -0.2) is 0 Å². The highest BCUT2D eigenvalue weighted by Gasteiger charge is 2.38. The van der Waals surface area contributed by atoms with Gasteiger partial charge in [-0.2, -0.15) is 13.2 Å². The third kappa shape index (κ3) is 9.52. The minimum Gasteiger partial charge on any atom is -0.412 e. The molecule has 5 nitrogen and oxygen atoms in total. The van der Waals surface area contributed by atoms with Crippen molar-refractivity contribution in [1.82, 2.24) is 14.7 Å². The lowest BCUT2D eigenvalue weighted by Gasteiger charge is -2.47. The highest BCUT2D eigenvalue weighted by atomic mass is 35.5. The van der Waals surface area contributed by atoms with E-state index in [9.17, 15) is 13.2 Å². The molecule has 11 heteroatoms. The smallest absolute Gasteiger partial charge is 0.412 e. The van der Waals surface area contributed by atoms with Gasteiger partial charge in [-0.3, -0.25) is 9.80 Å². The van der Waals surface area contributed by atoms with Crippen molar-refractivity contribution < 1.29 is 22.3 Å². The van der Waals surface area contributed by atoms with Crippen molar-refractivity contribution in [3.63, 3.8) is 0 Å². The van der Waals surface area contributed by atoms with Gasteiger partial charge in [-0.15, -0.1) is 0 Å². The number of alkyl halides is 3. The fourth-order valence-electron chi connectivity index (χ4n) is 6.55. The zero-order chi connectivity index (χ0) is 33.3. The Bertz CT molecular complexity index is 1330. The number of piperazine rings is 1. The highest BCUT2D eigenvalue weighted by molar-refractivity contribution is 7.80. The maximum Gasteiger partial charge on any atom is 0.416 e. The molecule has 2 aliphatic rings. The van der Waals surface area contributed by atoms with Gasteiger partial charge in [0.25, 0.3) is 0 Å². The van der Waals surface area contributed by atoms with E-state index < -0.39 is 20.8 Å². The molecule has 1 unspecified atom stereocenters. The minimum atomic E-state index is -4.45. The lowest BCUT2D eigenvalue weighted by Crippen LogP contribution is -2.59. The zero-order valence-corrected chi connectivity index (χ0v) is 30.6. The van der Waals surface area contributed by atoms with E-state index in [0.29, 0.717) is 34.2 Å². The highest BCUT2D eigenvalue weighted by Crippen LogP contribution is 2.37. The summed E-state index contributed by atoms with van der Waals surface area (Å²) in [5, 5.41) is 0.706. The molecule has 0 N–H and O–H groups in total. The summed E-state index contributed by atoms with van der Waals surface area (Å²) < 4.78 is 54.2. The van der Waals surface area contributed by atoms with Crippen LogP contribution in [0.5, 0.6) is 0 Å². The molecular formula is C34H49ClF3N3O2SSi. The van der Waals surface area contributed by atoms with Gasteiger partial charge in [0.05, 0.1) is 29.9 Å². The molecule has 2 saturated heterocycles. The summed E-state index contributed by atoms with van der Waals surface area (Å²) in [5.41, 5.74) is 2.13. The maximum absolute atomic E-state index is 13.8. The number of hydrogen-bond acceptors (Lipinski definition) is 5. The van der Waals surface area contributed by atoms with E-state index in [4.69, 9.17) is 33.0 Å². The Morgan fingerprint density at radius 3 is 2.24 bits per heavy atom. The molecule has 0 amide bonds. The van der Waals surface area contributed by atoms with Crippen molar-refractivity contribution in [2.75, 3.05) is 45.8 Å². The predicted octanol–water partition coefficient (Wildman–Crippen LogP) is 7.48. The first-order valence-electron chi connectivity index (χ1n) is 16.0. The van der Waals surface area contributed by atoms with Crippen LogP contribution in [0.3, 0.4) is 0 Å². The van der Waals surface area contributed by atoms with Crippen LogP contribution in [0, 0.1) is 6.92 Å². The largest absolute Gasteiger partial charge is 0.416 e. The van der Waals surface area contributed by atoms with E-state index in [0.717, 1.165) is 43.9 Å². The number of rotatable bonds is 8. The van der Waals surface area contributed by atoms with Gasteiger partial charge in [0.1, 0.15) is 4.99 Å². The standard InChI is InChI=1S/C34H49ClF3N3O2SSi/c1-22-15-26(17-27(16-22)34(36,37)38)32(44)41-14-13-39(11-12-40-19-23(2)42-24(3)20-40)21-30(41)31(43-45(7)8)25-9-10-29(35)28(18-25)33(4,5)6/h9-10,15-18,23-24,30-31,45H,11-14,19-21H2,1-8H3/t23-,24+,30-,31?/m1/s1. The number of benzene rings is 2. The average Bonchev–Trinajstić information content (AvgIpc) is 2.92. The average molecular weight is 684 g/mol. The van der Waals surface area contributed by atoms with Crippen LogP contribution in [0.4, 0.5) is 13.2 Å². The molecule has 0 aromatic heterocycles. The van der Waals surface area contributed by atoms with Gasteiger partial charge in [0.2, 0.25) is 0 Å². The summed E-state index contributed by atoms with van der Waals surface area (Å²) in [5.74, 6) is 0. The number of morpholine rings is 1. The molecule has 2 heterocycles. The molecule has 0 aliphatic carbocycles. The fourth-order valence-corrected chi connectivity index (χ4v) is 8.22. The van der Waals surface area contributed by atoms with Gasteiger partial charge < -0.3 is 14.1 Å². The Labute approximate surface area is 279 Å². The Kier molecular flexibility index (Phi) is 11.9. The van der Waals surface area contributed by atoms with Gasteiger partial charge in [0.15, 0.2) is 9.04 Å². The third-order valence-electron chi connectivity index (χ3n) is 8.54. The van der Waals surface area contributed by atoms with Crippen molar-refractivity contribution in [2.24, 2.45) is 0 Å². The van der Waals surface area contributed by atoms with Gasteiger partial charge in [-0.05, 0) is 80.2 Å². The predicted molar refractivity (Wildman–Crippen MR) is 184 cm³/mol. The number of aryl methyl sites for hydroxylation is 1. The van der Waals surface area contributed by atoms with Crippen molar-refractivity contribution >= 4 is 37.8 Å². The fraction of sp³-hybridized carbons (Fsp3) is 0.618. The molecule has 0 bridgehead atoms. The Morgan fingerprint density at radius 1 is 1.00 bits per heavy atom. The molecule has 2 aromatic carbocycles. The molecule has 0 radical (unpaired) electrons. The molecular weight excluding hydrogens is 635 g/mol.